The maximum absolute atomic E-state index is 13.1. The Balaban J connectivity index is 1.58. The molecule has 0 amide bonds. The molecule has 1 aliphatic rings. The summed E-state index contributed by atoms with van der Waals surface area (Å²) in [5, 5.41) is 4.71. The first-order valence-electron chi connectivity index (χ1n) is 9.56. The van der Waals surface area contributed by atoms with E-state index in [1.165, 1.54) is 22.6 Å². The quantitative estimate of drug-likeness (QED) is 0.670. The molecule has 1 aliphatic heterocycles. The van der Waals surface area contributed by atoms with E-state index in [2.05, 4.69) is 15.1 Å². The van der Waals surface area contributed by atoms with E-state index in [-0.39, 0.29) is 29.1 Å². The van der Waals surface area contributed by atoms with E-state index in [0.29, 0.717) is 30.1 Å². The SMILES string of the molecule is CC(C)(C)n1ncc2c(=O)[nH]c(N3CCN(S(=O)(=O)c4ccc(F)cc4)CC3)nc21. The van der Waals surface area contributed by atoms with Crippen LogP contribution in [0.2, 0.25) is 0 Å². The Kier molecular flexibility index (Phi) is 4.89. The van der Waals surface area contributed by atoms with Gasteiger partial charge in [0.1, 0.15) is 11.2 Å². The molecule has 30 heavy (non-hydrogen) atoms. The second-order valence-electron chi connectivity index (χ2n) is 8.20. The van der Waals surface area contributed by atoms with Crippen LogP contribution in [0.3, 0.4) is 0 Å². The maximum Gasteiger partial charge on any atom is 0.263 e. The number of aromatic nitrogens is 4. The number of aromatic amines is 1. The highest BCUT2D eigenvalue weighted by molar-refractivity contribution is 7.89. The van der Waals surface area contributed by atoms with E-state index in [1.54, 1.807) is 4.68 Å². The Labute approximate surface area is 173 Å². The molecule has 9 nitrogen and oxygen atoms in total. The Morgan fingerprint density at radius 1 is 1.07 bits per heavy atom. The summed E-state index contributed by atoms with van der Waals surface area (Å²) in [4.78, 5) is 21.8. The first-order valence-corrected chi connectivity index (χ1v) is 11.0. The lowest BCUT2D eigenvalue weighted by Gasteiger charge is -2.34. The highest BCUT2D eigenvalue weighted by Gasteiger charge is 2.30. The third-order valence-electron chi connectivity index (χ3n) is 5.05. The van der Waals surface area contributed by atoms with Crippen molar-refractivity contribution >= 4 is 27.0 Å². The van der Waals surface area contributed by atoms with Crippen molar-refractivity contribution in [1.82, 2.24) is 24.1 Å². The number of fused-ring (bicyclic) bond motifs is 1. The van der Waals surface area contributed by atoms with E-state index in [9.17, 15) is 17.6 Å². The van der Waals surface area contributed by atoms with Crippen molar-refractivity contribution < 1.29 is 12.8 Å². The molecule has 1 N–H and O–H groups in total. The van der Waals surface area contributed by atoms with Gasteiger partial charge in [-0.3, -0.25) is 9.78 Å². The first-order chi connectivity index (χ1) is 14.1. The number of rotatable bonds is 3. The molecule has 1 saturated heterocycles. The molecule has 0 bridgehead atoms. The monoisotopic (exact) mass is 434 g/mol. The fraction of sp³-hybridized carbons (Fsp3) is 0.421. The molecule has 0 aliphatic carbocycles. The van der Waals surface area contributed by atoms with Crippen molar-refractivity contribution in [3.63, 3.8) is 0 Å². The average Bonchev–Trinajstić information content (AvgIpc) is 3.13. The maximum atomic E-state index is 13.1. The molecule has 0 radical (unpaired) electrons. The van der Waals surface area contributed by atoms with E-state index in [4.69, 9.17) is 0 Å². The van der Waals surface area contributed by atoms with E-state index >= 15 is 0 Å². The van der Waals surface area contributed by atoms with Gasteiger partial charge in [0.05, 0.1) is 16.6 Å². The van der Waals surface area contributed by atoms with Gasteiger partial charge in [-0.25, -0.2) is 17.5 Å². The number of hydrogen-bond donors (Lipinski definition) is 1. The van der Waals surface area contributed by atoms with Crippen LogP contribution in [-0.2, 0) is 15.6 Å². The molecule has 3 aromatic rings. The Morgan fingerprint density at radius 2 is 1.70 bits per heavy atom. The van der Waals surface area contributed by atoms with Gasteiger partial charge < -0.3 is 4.90 Å². The number of benzene rings is 1. The summed E-state index contributed by atoms with van der Waals surface area (Å²) < 4.78 is 41.8. The molecular weight excluding hydrogens is 411 g/mol. The largest absolute Gasteiger partial charge is 0.340 e. The van der Waals surface area contributed by atoms with E-state index in [1.807, 2.05) is 25.7 Å². The van der Waals surface area contributed by atoms with Gasteiger partial charge in [0, 0.05) is 26.2 Å². The lowest BCUT2D eigenvalue weighted by Crippen LogP contribution is -2.49. The summed E-state index contributed by atoms with van der Waals surface area (Å²) in [6.45, 7) is 7.08. The summed E-state index contributed by atoms with van der Waals surface area (Å²) in [6.07, 6.45) is 1.50. The fourth-order valence-electron chi connectivity index (χ4n) is 3.44. The van der Waals surface area contributed by atoms with E-state index in [0.717, 1.165) is 12.1 Å². The Bertz CT molecular complexity index is 1240. The normalized spacial score (nSPS) is 16.3. The molecule has 2 aromatic heterocycles. The highest BCUT2D eigenvalue weighted by Crippen LogP contribution is 2.22. The lowest BCUT2D eigenvalue weighted by atomic mass is 10.1. The highest BCUT2D eigenvalue weighted by atomic mass is 32.2. The lowest BCUT2D eigenvalue weighted by molar-refractivity contribution is 0.365. The molecule has 3 heterocycles. The molecule has 160 valence electrons. The van der Waals surface area contributed by atoms with Gasteiger partial charge in [0.2, 0.25) is 16.0 Å². The van der Waals surface area contributed by atoms with Gasteiger partial charge in [0.25, 0.3) is 5.56 Å². The minimum absolute atomic E-state index is 0.0550. The summed E-state index contributed by atoms with van der Waals surface area (Å²) in [7, 11) is -3.71. The van der Waals surface area contributed by atoms with Gasteiger partial charge >= 0.3 is 0 Å². The molecule has 11 heteroatoms. The first kappa shape index (κ1) is 20.5. The average molecular weight is 434 g/mol. The number of halogens is 1. The van der Waals surface area contributed by atoms with Crippen molar-refractivity contribution in [3.8, 4) is 0 Å². The zero-order valence-corrected chi connectivity index (χ0v) is 17.8. The summed E-state index contributed by atoms with van der Waals surface area (Å²) in [6, 6.07) is 4.78. The van der Waals surface area contributed by atoms with E-state index < -0.39 is 15.8 Å². The number of nitrogens with zero attached hydrogens (tertiary/aromatic N) is 5. The molecule has 0 atom stereocenters. The molecule has 1 fully saturated rings. The van der Waals surface area contributed by atoms with Gasteiger partial charge in [0.15, 0.2) is 5.65 Å². The molecule has 4 rings (SSSR count). The van der Waals surface area contributed by atoms with Crippen molar-refractivity contribution in [1.29, 1.82) is 0 Å². The van der Waals surface area contributed by atoms with Crippen molar-refractivity contribution in [2.45, 2.75) is 31.2 Å². The van der Waals surface area contributed by atoms with Crippen LogP contribution in [0.5, 0.6) is 0 Å². The Morgan fingerprint density at radius 3 is 2.30 bits per heavy atom. The zero-order chi connectivity index (χ0) is 21.7. The van der Waals surface area contributed by atoms with Crippen molar-refractivity contribution in [3.05, 3.63) is 46.6 Å². The topological polar surface area (TPSA) is 104 Å². The number of hydrogen-bond acceptors (Lipinski definition) is 6. The Hall–Kier alpha value is -2.79. The van der Waals surface area contributed by atoms with Crippen molar-refractivity contribution in [2.75, 3.05) is 31.1 Å². The van der Waals surface area contributed by atoms with Gasteiger partial charge in [-0.05, 0) is 45.0 Å². The molecular formula is C19H23FN6O3S. The standard InChI is InChI=1S/C19H23FN6O3S/c1-19(2,3)26-16-15(12-21-26)17(27)23-18(22-16)24-8-10-25(11-9-24)30(28,29)14-6-4-13(20)5-7-14/h4-7,12H,8-11H2,1-3H3,(H,22,23,27). The number of nitrogens with one attached hydrogen (secondary N) is 1. The van der Waals surface area contributed by atoms with Crippen LogP contribution >= 0.6 is 0 Å². The number of piperazine rings is 1. The van der Waals surface area contributed by atoms with Crippen LogP contribution in [0.25, 0.3) is 11.0 Å². The third-order valence-corrected chi connectivity index (χ3v) is 6.96. The van der Waals surface area contributed by atoms with Crippen LogP contribution in [0, 0.1) is 5.82 Å². The smallest absolute Gasteiger partial charge is 0.263 e. The second kappa shape index (κ2) is 7.17. The minimum atomic E-state index is -3.71. The van der Waals surface area contributed by atoms with Crippen LogP contribution in [0.15, 0.2) is 40.2 Å². The molecule has 0 saturated carbocycles. The summed E-state index contributed by atoms with van der Waals surface area (Å²) in [5.41, 5.74) is -0.142. The predicted molar refractivity (Wildman–Crippen MR) is 111 cm³/mol. The van der Waals surface area contributed by atoms with Crippen LogP contribution < -0.4 is 10.5 Å². The zero-order valence-electron chi connectivity index (χ0n) is 17.0. The number of sulfonamides is 1. The summed E-state index contributed by atoms with van der Waals surface area (Å²) in [5.74, 6) is -0.101. The number of H-pyrrole nitrogens is 1. The predicted octanol–water partition coefficient (Wildman–Crippen LogP) is 1.52. The van der Waals surface area contributed by atoms with Gasteiger partial charge in [-0.1, -0.05) is 0 Å². The van der Waals surface area contributed by atoms with Crippen LogP contribution in [-0.4, -0.2) is 58.7 Å². The van der Waals surface area contributed by atoms with Crippen LogP contribution in [0.1, 0.15) is 20.8 Å². The third kappa shape index (κ3) is 3.58. The van der Waals surface area contributed by atoms with Gasteiger partial charge in [-0.2, -0.15) is 14.4 Å². The molecule has 0 spiro atoms. The number of anilines is 1. The molecule has 1 aromatic carbocycles. The van der Waals surface area contributed by atoms with Crippen molar-refractivity contribution in [2.24, 2.45) is 0 Å². The fourth-order valence-corrected chi connectivity index (χ4v) is 4.87. The summed E-state index contributed by atoms with van der Waals surface area (Å²) >= 11 is 0. The van der Waals surface area contributed by atoms with Gasteiger partial charge in [-0.15, -0.1) is 0 Å². The minimum Gasteiger partial charge on any atom is -0.340 e. The second-order valence-corrected chi connectivity index (χ2v) is 10.1. The van der Waals surface area contributed by atoms with Crippen LogP contribution in [0.4, 0.5) is 10.3 Å². The molecule has 0 unspecified atom stereocenters.